The average molecular weight is 186 g/mol. The Morgan fingerprint density at radius 3 is 1.69 bits per heavy atom. The van der Waals surface area contributed by atoms with E-state index in [4.69, 9.17) is 0 Å². The van der Waals surface area contributed by atoms with E-state index in [0.29, 0.717) is 0 Å². The third-order valence-corrected chi connectivity index (χ3v) is 1.25. The zero-order valence-electron chi connectivity index (χ0n) is 6.34. The van der Waals surface area contributed by atoms with Gasteiger partial charge in [0.1, 0.15) is 0 Å². The molecule has 0 amide bonds. The molecule has 7 nitrogen and oxygen atoms in total. The van der Waals surface area contributed by atoms with Crippen LogP contribution in [-0.4, -0.2) is 15.3 Å². The second-order valence-electron chi connectivity index (χ2n) is 2.03. The smallest absolute Gasteiger partial charge is 0.276 e. The van der Waals surface area contributed by atoms with Crippen molar-refractivity contribution in [1.29, 1.82) is 0 Å². The normalized spacial score (nSPS) is 8.62. The van der Waals surface area contributed by atoms with Crippen molar-refractivity contribution in [2.24, 2.45) is 0 Å². The highest BCUT2D eigenvalue weighted by Crippen LogP contribution is 2.18. The van der Waals surface area contributed by atoms with Crippen molar-refractivity contribution in [3.05, 3.63) is 44.5 Å². The lowest BCUT2D eigenvalue weighted by atomic mass is 10.3. The molecule has 0 aliphatic heterocycles. The summed E-state index contributed by atoms with van der Waals surface area (Å²) < 4.78 is 0. The average Bonchev–Trinajstić information content (AvgIpc) is 2.04. The lowest BCUT2D eigenvalue weighted by molar-refractivity contribution is -0.394. The van der Waals surface area contributed by atoms with Crippen LogP contribution >= 0.6 is 0 Å². The number of nitrogens with zero attached hydrogens (tertiary/aromatic N) is 2. The van der Waals surface area contributed by atoms with Gasteiger partial charge in [-0.3, -0.25) is 20.2 Å². The molecule has 0 atom stereocenters. The second-order valence-corrected chi connectivity index (χ2v) is 2.03. The number of rotatable bonds is 2. The predicted octanol–water partition coefficient (Wildman–Crippen LogP) is 0.678. The Bertz CT molecular complexity index is 308. The minimum Gasteiger partial charge on any atom is -0.412 e. The van der Waals surface area contributed by atoms with Gasteiger partial charge in [0.25, 0.3) is 11.4 Å². The van der Waals surface area contributed by atoms with Crippen LogP contribution in [0.1, 0.15) is 0 Å². The highest BCUT2D eigenvalue weighted by Gasteiger charge is 2.11. The zero-order chi connectivity index (χ0) is 9.14. The topological polar surface area (TPSA) is 118 Å². The lowest BCUT2D eigenvalue weighted by Crippen LogP contribution is -1.91. The van der Waals surface area contributed by atoms with Crippen molar-refractivity contribution in [3.8, 4) is 0 Å². The third kappa shape index (κ3) is 2.49. The van der Waals surface area contributed by atoms with E-state index in [0.717, 1.165) is 6.07 Å². The summed E-state index contributed by atoms with van der Waals surface area (Å²) in [4.78, 5) is 19.0. The van der Waals surface area contributed by atoms with Gasteiger partial charge in [-0.25, -0.2) is 0 Å². The van der Waals surface area contributed by atoms with E-state index in [-0.39, 0.29) is 16.9 Å². The molecule has 0 aliphatic rings. The molecule has 7 heteroatoms. The van der Waals surface area contributed by atoms with E-state index in [1.54, 1.807) is 0 Å². The van der Waals surface area contributed by atoms with Gasteiger partial charge in [-0.1, -0.05) is 0 Å². The summed E-state index contributed by atoms with van der Waals surface area (Å²) in [7, 11) is 0. The van der Waals surface area contributed by atoms with E-state index in [1.807, 2.05) is 0 Å². The molecule has 70 valence electrons. The highest BCUT2D eigenvalue weighted by molar-refractivity contribution is 5.42. The Morgan fingerprint density at radius 2 is 1.38 bits per heavy atom. The zero-order valence-corrected chi connectivity index (χ0v) is 6.34. The number of hydrogen-bond donors (Lipinski definition) is 0. The maximum absolute atomic E-state index is 10.2. The molecular formula is C6H6N2O5. The fourth-order valence-corrected chi connectivity index (χ4v) is 0.720. The van der Waals surface area contributed by atoms with Gasteiger partial charge in [-0.2, -0.15) is 0 Å². The first-order valence-electron chi connectivity index (χ1n) is 3.00. The van der Waals surface area contributed by atoms with Gasteiger partial charge < -0.3 is 5.48 Å². The third-order valence-electron chi connectivity index (χ3n) is 1.25. The van der Waals surface area contributed by atoms with Crippen LogP contribution in [0.15, 0.2) is 24.3 Å². The molecular weight excluding hydrogens is 180 g/mol. The van der Waals surface area contributed by atoms with Gasteiger partial charge in [-0.15, -0.1) is 0 Å². The first kappa shape index (κ1) is 11.0. The summed E-state index contributed by atoms with van der Waals surface area (Å²) in [5.41, 5.74) is -0.548. The summed E-state index contributed by atoms with van der Waals surface area (Å²) >= 11 is 0. The van der Waals surface area contributed by atoms with Gasteiger partial charge in [0.15, 0.2) is 0 Å². The van der Waals surface area contributed by atoms with Crippen LogP contribution in [0.5, 0.6) is 0 Å². The van der Waals surface area contributed by atoms with E-state index in [1.165, 1.54) is 18.2 Å². The fourth-order valence-electron chi connectivity index (χ4n) is 0.720. The summed E-state index contributed by atoms with van der Waals surface area (Å²) in [5, 5.41) is 20.3. The van der Waals surface area contributed by atoms with Crippen LogP contribution in [0.2, 0.25) is 0 Å². The predicted molar refractivity (Wildman–Crippen MR) is 43.4 cm³/mol. The van der Waals surface area contributed by atoms with Crippen molar-refractivity contribution in [3.63, 3.8) is 0 Å². The van der Waals surface area contributed by atoms with Crippen LogP contribution in [0.25, 0.3) is 0 Å². The van der Waals surface area contributed by atoms with Gasteiger partial charge in [-0.05, 0) is 6.07 Å². The Kier molecular flexibility index (Phi) is 3.48. The van der Waals surface area contributed by atoms with Crippen molar-refractivity contribution >= 4 is 11.4 Å². The molecule has 0 unspecified atom stereocenters. The maximum Gasteiger partial charge on any atom is 0.276 e. The first-order chi connectivity index (χ1) is 5.61. The van der Waals surface area contributed by atoms with Crippen LogP contribution in [-0.2, 0) is 0 Å². The summed E-state index contributed by atoms with van der Waals surface area (Å²) in [6, 6.07) is 4.59. The molecule has 1 aromatic rings. The standard InChI is InChI=1S/C6H4N2O4.H2O/c9-7(10)5-2-1-3-6(4-5)8(11)12;/h1-4H;1H2. The summed E-state index contributed by atoms with van der Waals surface area (Å²) in [6.07, 6.45) is 0. The lowest BCUT2D eigenvalue weighted by Gasteiger charge is -1.90. The molecule has 1 rings (SSSR count). The van der Waals surface area contributed by atoms with Crippen molar-refractivity contribution in [1.82, 2.24) is 0 Å². The monoisotopic (exact) mass is 186 g/mol. The minimum atomic E-state index is -0.674. The highest BCUT2D eigenvalue weighted by atomic mass is 16.6. The van der Waals surface area contributed by atoms with Crippen LogP contribution in [0.4, 0.5) is 11.4 Å². The number of nitro groups is 2. The molecule has 0 fully saturated rings. The summed E-state index contributed by atoms with van der Waals surface area (Å²) in [6.45, 7) is 0. The Balaban J connectivity index is 0.00000144. The number of nitro benzene ring substituents is 2. The quantitative estimate of drug-likeness (QED) is 0.498. The van der Waals surface area contributed by atoms with E-state index in [9.17, 15) is 20.2 Å². The molecule has 0 aliphatic carbocycles. The van der Waals surface area contributed by atoms with Crippen LogP contribution in [0.3, 0.4) is 0 Å². The first-order valence-corrected chi connectivity index (χ1v) is 3.00. The Labute approximate surface area is 72.2 Å². The molecule has 0 bridgehead atoms. The fraction of sp³-hybridized carbons (Fsp3) is 0. The van der Waals surface area contributed by atoms with Crippen molar-refractivity contribution in [2.45, 2.75) is 0 Å². The van der Waals surface area contributed by atoms with Gasteiger partial charge in [0.2, 0.25) is 0 Å². The van der Waals surface area contributed by atoms with E-state index < -0.39 is 9.85 Å². The Morgan fingerprint density at radius 1 is 1.00 bits per heavy atom. The minimum absolute atomic E-state index is 0. The molecule has 0 radical (unpaired) electrons. The molecule has 0 aromatic heterocycles. The van der Waals surface area contributed by atoms with Gasteiger partial charge in [0, 0.05) is 12.1 Å². The molecule has 13 heavy (non-hydrogen) atoms. The maximum atomic E-state index is 10.2. The molecule has 0 heterocycles. The molecule has 2 N–H and O–H groups in total. The molecule has 0 saturated heterocycles. The largest absolute Gasteiger partial charge is 0.412 e. The van der Waals surface area contributed by atoms with Crippen molar-refractivity contribution < 1.29 is 15.3 Å². The van der Waals surface area contributed by atoms with Gasteiger partial charge >= 0.3 is 0 Å². The van der Waals surface area contributed by atoms with Crippen LogP contribution < -0.4 is 0 Å². The van der Waals surface area contributed by atoms with Crippen molar-refractivity contribution in [2.75, 3.05) is 0 Å². The number of non-ortho nitro benzene ring substituents is 2. The molecule has 0 spiro atoms. The number of benzene rings is 1. The molecule has 0 saturated carbocycles. The van der Waals surface area contributed by atoms with E-state index >= 15 is 0 Å². The SMILES string of the molecule is O.O=[N+]([O-])c1cccc([N+](=O)[O-])c1. The van der Waals surface area contributed by atoms with Crippen LogP contribution in [0, 0.1) is 20.2 Å². The molecule has 1 aromatic carbocycles. The second kappa shape index (κ2) is 4.12. The van der Waals surface area contributed by atoms with E-state index in [2.05, 4.69) is 0 Å². The van der Waals surface area contributed by atoms with Gasteiger partial charge in [0.05, 0.1) is 15.9 Å². The number of hydrogen-bond acceptors (Lipinski definition) is 4. The Hall–Kier alpha value is -2.02. The summed E-state index contributed by atoms with van der Waals surface area (Å²) in [5.74, 6) is 0.